The summed E-state index contributed by atoms with van der Waals surface area (Å²) < 4.78 is 6.39. The van der Waals surface area contributed by atoms with Crippen molar-refractivity contribution in [3.05, 3.63) is 53.3 Å². The van der Waals surface area contributed by atoms with Crippen LogP contribution in [0.25, 0.3) is 0 Å². The SMILES string of the molecule is CC(=O)c1cnc(N2C[C@@H](c3ccccc3)O[C@@H](C3CC3)C2)nc1C. The number of ketones is 1. The Morgan fingerprint density at radius 3 is 2.60 bits per heavy atom. The monoisotopic (exact) mass is 337 g/mol. The molecule has 5 heteroatoms. The molecule has 1 aromatic carbocycles. The van der Waals surface area contributed by atoms with E-state index in [1.54, 1.807) is 13.1 Å². The summed E-state index contributed by atoms with van der Waals surface area (Å²) in [5.74, 6) is 1.34. The Morgan fingerprint density at radius 1 is 1.20 bits per heavy atom. The number of ether oxygens (including phenoxy) is 1. The molecule has 0 amide bonds. The van der Waals surface area contributed by atoms with Gasteiger partial charge in [0.1, 0.15) is 6.10 Å². The summed E-state index contributed by atoms with van der Waals surface area (Å²) in [4.78, 5) is 22.9. The number of hydrogen-bond donors (Lipinski definition) is 0. The highest BCUT2D eigenvalue weighted by Gasteiger charge is 2.39. The van der Waals surface area contributed by atoms with Gasteiger partial charge in [0.25, 0.3) is 0 Å². The molecule has 5 nitrogen and oxygen atoms in total. The van der Waals surface area contributed by atoms with Crippen molar-refractivity contribution in [3.8, 4) is 0 Å². The van der Waals surface area contributed by atoms with Gasteiger partial charge in [-0.25, -0.2) is 9.97 Å². The van der Waals surface area contributed by atoms with Gasteiger partial charge in [-0.1, -0.05) is 30.3 Å². The molecule has 2 aromatic rings. The Bertz CT molecular complexity index is 774. The number of carbonyl (C=O) groups is 1. The second kappa shape index (κ2) is 6.56. The first-order valence-electron chi connectivity index (χ1n) is 8.91. The van der Waals surface area contributed by atoms with Crippen molar-refractivity contribution >= 4 is 11.7 Å². The van der Waals surface area contributed by atoms with Gasteiger partial charge in [-0.3, -0.25) is 4.79 Å². The van der Waals surface area contributed by atoms with Crippen LogP contribution in [0.2, 0.25) is 0 Å². The van der Waals surface area contributed by atoms with Gasteiger partial charge in [-0.15, -0.1) is 0 Å². The van der Waals surface area contributed by atoms with Crippen molar-refractivity contribution in [1.29, 1.82) is 0 Å². The topological polar surface area (TPSA) is 55.3 Å². The molecule has 1 saturated heterocycles. The Morgan fingerprint density at radius 2 is 1.96 bits per heavy atom. The molecule has 0 unspecified atom stereocenters. The number of nitrogens with zero attached hydrogens (tertiary/aromatic N) is 3. The van der Waals surface area contributed by atoms with E-state index in [0.717, 1.165) is 18.8 Å². The molecule has 2 aliphatic rings. The molecule has 2 heterocycles. The van der Waals surface area contributed by atoms with E-state index in [4.69, 9.17) is 4.74 Å². The van der Waals surface area contributed by atoms with Crippen LogP contribution < -0.4 is 4.90 Å². The first kappa shape index (κ1) is 16.2. The molecule has 130 valence electrons. The number of anilines is 1. The molecule has 0 bridgehead atoms. The Labute approximate surface area is 148 Å². The maximum atomic E-state index is 11.6. The van der Waals surface area contributed by atoms with Crippen molar-refractivity contribution in [1.82, 2.24) is 9.97 Å². The summed E-state index contributed by atoms with van der Waals surface area (Å²) in [6.45, 7) is 4.96. The van der Waals surface area contributed by atoms with Crippen LogP contribution in [0.3, 0.4) is 0 Å². The predicted molar refractivity (Wildman–Crippen MR) is 95.8 cm³/mol. The molecule has 0 spiro atoms. The van der Waals surface area contributed by atoms with Crippen LogP contribution in [0, 0.1) is 12.8 Å². The smallest absolute Gasteiger partial charge is 0.225 e. The molecule has 1 aliphatic carbocycles. The highest BCUT2D eigenvalue weighted by Crippen LogP contribution is 2.40. The number of carbonyl (C=O) groups excluding carboxylic acids is 1. The average Bonchev–Trinajstić information content (AvgIpc) is 3.47. The lowest BCUT2D eigenvalue weighted by atomic mass is 10.1. The summed E-state index contributed by atoms with van der Waals surface area (Å²) >= 11 is 0. The number of Topliss-reactive ketones (excluding diaryl/α,β-unsaturated/α-hetero) is 1. The summed E-state index contributed by atoms with van der Waals surface area (Å²) in [6.07, 6.45) is 4.37. The Balaban J connectivity index is 1.61. The highest BCUT2D eigenvalue weighted by atomic mass is 16.5. The van der Waals surface area contributed by atoms with Crippen LogP contribution in [0.1, 0.15) is 47.5 Å². The third kappa shape index (κ3) is 3.42. The normalized spacial score (nSPS) is 23.5. The summed E-state index contributed by atoms with van der Waals surface area (Å²) in [5.41, 5.74) is 2.52. The Hall–Kier alpha value is -2.27. The number of rotatable bonds is 4. The highest BCUT2D eigenvalue weighted by molar-refractivity contribution is 5.94. The maximum absolute atomic E-state index is 11.6. The molecule has 1 saturated carbocycles. The largest absolute Gasteiger partial charge is 0.366 e. The molecule has 1 aromatic heterocycles. The summed E-state index contributed by atoms with van der Waals surface area (Å²) in [5, 5.41) is 0. The van der Waals surface area contributed by atoms with Gasteiger partial charge in [-0.05, 0) is 38.2 Å². The lowest BCUT2D eigenvalue weighted by Gasteiger charge is -2.38. The van der Waals surface area contributed by atoms with Crippen molar-refractivity contribution in [2.24, 2.45) is 5.92 Å². The van der Waals surface area contributed by atoms with Gasteiger partial charge >= 0.3 is 0 Å². The van der Waals surface area contributed by atoms with Gasteiger partial charge < -0.3 is 9.64 Å². The quantitative estimate of drug-likeness (QED) is 0.801. The van der Waals surface area contributed by atoms with Crippen LogP contribution in [-0.4, -0.2) is 34.9 Å². The minimum absolute atomic E-state index is 0.00375. The zero-order chi connectivity index (χ0) is 17.4. The molecule has 2 atom stereocenters. The van der Waals surface area contributed by atoms with Crippen LogP contribution in [-0.2, 0) is 4.74 Å². The predicted octanol–water partition coefficient (Wildman–Crippen LogP) is 3.34. The van der Waals surface area contributed by atoms with Gasteiger partial charge in [0.2, 0.25) is 5.95 Å². The fraction of sp³-hybridized carbons (Fsp3) is 0.450. The zero-order valence-corrected chi connectivity index (χ0v) is 14.7. The standard InChI is InChI=1S/C20H23N3O2/c1-13-17(14(2)24)10-21-20(22-13)23-11-18(15-6-4-3-5-7-15)25-19(12-23)16-8-9-16/h3-7,10,16,18-19H,8-9,11-12H2,1-2H3/t18-,19+/m0/s1. The number of aromatic nitrogens is 2. The van der Waals surface area contributed by atoms with E-state index in [2.05, 4.69) is 27.0 Å². The molecule has 2 fully saturated rings. The van der Waals surface area contributed by atoms with Crippen LogP contribution in [0.5, 0.6) is 0 Å². The second-order valence-electron chi connectivity index (χ2n) is 7.04. The minimum atomic E-state index is 0.00375. The maximum Gasteiger partial charge on any atom is 0.225 e. The first-order valence-corrected chi connectivity index (χ1v) is 8.91. The summed E-state index contributed by atoms with van der Waals surface area (Å²) in [7, 11) is 0. The molecular formula is C20H23N3O2. The first-order chi connectivity index (χ1) is 12.1. The third-order valence-electron chi connectivity index (χ3n) is 5.07. The fourth-order valence-electron chi connectivity index (χ4n) is 3.48. The van der Waals surface area contributed by atoms with Crippen molar-refractivity contribution in [2.45, 2.75) is 38.9 Å². The fourth-order valence-corrected chi connectivity index (χ4v) is 3.48. The molecule has 4 rings (SSSR count). The van der Waals surface area contributed by atoms with E-state index in [9.17, 15) is 4.79 Å². The van der Waals surface area contributed by atoms with E-state index in [0.29, 0.717) is 17.4 Å². The van der Waals surface area contributed by atoms with Gasteiger partial charge in [0, 0.05) is 12.7 Å². The lowest BCUT2D eigenvalue weighted by Crippen LogP contribution is -2.45. The van der Waals surface area contributed by atoms with Crippen molar-refractivity contribution < 1.29 is 9.53 Å². The van der Waals surface area contributed by atoms with E-state index in [1.165, 1.54) is 18.4 Å². The number of hydrogen-bond acceptors (Lipinski definition) is 5. The van der Waals surface area contributed by atoms with Crippen molar-refractivity contribution in [3.63, 3.8) is 0 Å². The third-order valence-corrected chi connectivity index (χ3v) is 5.07. The van der Waals surface area contributed by atoms with Gasteiger partial charge in [0.05, 0.1) is 23.9 Å². The molecule has 0 radical (unpaired) electrons. The van der Waals surface area contributed by atoms with Crippen LogP contribution in [0.15, 0.2) is 36.5 Å². The van der Waals surface area contributed by atoms with Gasteiger partial charge in [0.15, 0.2) is 5.78 Å². The average molecular weight is 337 g/mol. The number of benzene rings is 1. The van der Waals surface area contributed by atoms with Crippen LogP contribution >= 0.6 is 0 Å². The number of aryl methyl sites for hydroxylation is 1. The molecule has 1 aliphatic heterocycles. The summed E-state index contributed by atoms with van der Waals surface area (Å²) in [6, 6.07) is 10.3. The van der Waals surface area contributed by atoms with E-state index < -0.39 is 0 Å². The van der Waals surface area contributed by atoms with Crippen LogP contribution in [0.4, 0.5) is 5.95 Å². The zero-order valence-electron chi connectivity index (χ0n) is 14.7. The second-order valence-corrected chi connectivity index (χ2v) is 7.04. The molecule has 0 N–H and O–H groups in total. The lowest BCUT2D eigenvalue weighted by molar-refractivity contribution is -0.0389. The molecular weight excluding hydrogens is 314 g/mol. The minimum Gasteiger partial charge on any atom is -0.366 e. The van der Waals surface area contributed by atoms with E-state index >= 15 is 0 Å². The Kier molecular flexibility index (Phi) is 4.25. The van der Waals surface area contributed by atoms with E-state index in [1.807, 2.05) is 25.1 Å². The number of morpholine rings is 1. The van der Waals surface area contributed by atoms with Crippen molar-refractivity contribution in [2.75, 3.05) is 18.0 Å². The molecule has 25 heavy (non-hydrogen) atoms. The van der Waals surface area contributed by atoms with Gasteiger partial charge in [-0.2, -0.15) is 0 Å². The van der Waals surface area contributed by atoms with E-state index in [-0.39, 0.29) is 18.0 Å².